The number of fused-ring (bicyclic) bond motifs is 1. The van der Waals surface area contributed by atoms with E-state index in [1.807, 2.05) is 111 Å². The van der Waals surface area contributed by atoms with Crippen LogP contribution in [0.2, 0.25) is 5.02 Å². The molecule has 7 heteroatoms. The number of nitrogens with zero attached hydrogens (tertiary/aromatic N) is 4. The monoisotopic (exact) mass is 523 g/mol. The molecule has 0 fully saturated rings. The molecule has 2 aromatic heterocycles. The van der Waals surface area contributed by atoms with Crippen LogP contribution in [0.25, 0.3) is 39.1 Å². The molecule has 38 heavy (non-hydrogen) atoms. The van der Waals surface area contributed by atoms with E-state index in [-0.39, 0.29) is 5.91 Å². The molecule has 0 aliphatic rings. The van der Waals surface area contributed by atoms with Crippen LogP contribution in [0.4, 0.5) is 0 Å². The fraction of sp³-hybridized carbons (Fsp3) is 0.194. The van der Waals surface area contributed by atoms with E-state index in [1.165, 1.54) is 0 Å². The zero-order chi connectivity index (χ0) is 26.6. The molecular weight excluding hydrogens is 494 g/mol. The molecular formula is C31H30ClN5O. The van der Waals surface area contributed by atoms with Gasteiger partial charge in [0, 0.05) is 34.3 Å². The number of carbonyl (C=O) groups is 1. The van der Waals surface area contributed by atoms with Gasteiger partial charge in [-0.15, -0.1) is 0 Å². The molecule has 1 N–H and O–H groups in total. The number of halogens is 1. The molecule has 5 rings (SSSR count). The summed E-state index contributed by atoms with van der Waals surface area (Å²) in [6, 6.07) is 25.5. The highest BCUT2D eigenvalue weighted by atomic mass is 35.5. The van der Waals surface area contributed by atoms with Gasteiger partial charge >= 0.3 is 0 Å². The van der Waals surface area contributed by atoms with Gasteiger partial charge in [0.05, 0.1) is 22.5 Å². The maximum Gasteiger partial charge on any atom is 0.252 e. The first-order chi connectivity index (χ1) is 18.4. The van der Waals surface area contributed by atoms with Crippen molar-refractivity contribution in [3.63, 3.8) is 0 Å². The van der Waals surface area contributed by atoms with E-state index >= 15 is 0 Å². The van der Waals surface area contributed by atoms with E-state index in [0.29, 0.717) is 22.8 Å². The number of carbonyl (C=O) groups excluding carboxylic acids is 1. The van der Waals surface area contributed by atoms with E-state index in [9.17, 15) is 4.79 Å². The van der Waals surface area contributed by atoms with Crippen LogP contribution in [0.5, 0.6) is 0 Å². The summed E-state index contributed by atoms with van der Waals surface area (Å²) in [7, 11) is 4.06. The lowest BCUT2D eigenvalue weighted by Gasteiger charge is -2.13. The summed E-state index contributed by atoms with van der Waals surface area (Å²) in [5, 5.41) is 9.53. The third-order valence-electron chi connectivity index (χ3n) is 6.41. The first kappa shape index (κ1) is 25.6. The van der Waals surface area contributed by atoms with Gasteiger partial charge in [-0.25, -0.2) is 9.67 Å². The predicted molar refractivity (Wildman–Crippen MR) is 155 cm³/mol. The van der Waals surface area contributed by atoms with Gasteiger partial charge in [0.1, 0.15) is 5.69 Å². The number of nitrogens with one attached hydrogen (secondary N) is 1. The Morgan fingerprint density at radius 1 is 1.00 bits per heavy atom. The van der Waals surface area contributed by atoms with Crippen molar-refractivity contribution in [3.8, 4) is 28.2 Å². The minimum Gasteiger partial charge on any atom is -0.352 e. The molecule has 0 atom stereocenters. The van der Waals surface area contributed by atoms with Crippen molar-refractivity contribution >= 4 is 28.4 Å². The van der Waals surface area contributed by atoms with Crippen LogP contribution in [0, 0.1) is 6.92 Å². The fourth-order valence-corrected chi connectivity index (χ4v) is 4.58. The lowest BCUT2D eigenvalue weighted by molar-refractivity contribution is 0.0954. The predicted octanol–water partition coefficient (Wildman–Crippen LogP) is 6.40. The highest BCUT2D eigenvalue weighted by Gasteiger charge is 2.19. The normalized spacial score (nSPS) is 11.3. The van der Waals surface area contributed by atoms with E-state index in [1.54, 1.807) is 0 Å². The number of amides is 1. The Hall–Kier alpha value is -4.00. The number of hydrogen-bond donors (Lipinski definition) is 1. The van der Waals surface area contributed by atoms with Gasteiger partial charge in [-0.05, 0) is 76.4 Å². The summed E-state index contributed by atoms with van der Waals surface area (Å²) >= 11 is 6.12. The highest BCUT2D eigenvalue weighted by molar-refractivity contribution is 6.30. The Morgan fingerprint density at radius 2 is 1.76 bits per heavy atom. The molecule has 0 aliphatic carbocycles. The lowest BCUT2D eigenvalue weighted by atomic mass is 10.0. The second-order valence-corrected chi connectivity index (χ2v) is 10.1. The molecule has 0 bridgehead atoms. The fourth-order valence-electron chi connectivity index (χ4n) is 4.45. The zero-order valence-electron chi connectivity index (χ0n) is 21.8. The Bertz CT molecular complexity index is 1580. The summed E-state index contributed by atoms with van der Waals surface area (Å²) in [4.78, 5) is 20.5. The Morgan fingerprint density at radius 3 is 2.50 bits per heavy atom. The van der Waals surface area contributed by atoms with Crippen LogP contribution < -0.4 is 5.32 Å². The largest absolute Gasteiger partial charge is 0.352 e. The smallest absolute Gasteiger partial charge is 0.252 e. The van der Waals surface area contributed by atoms with Crippen LogP contribution in [0.1, 0.15) is 22.3 Å². The molecule has 0 spiro atoms. The molecule has 1 amide bonds. The minimum absolute atomic E-state index is 0.102. The number of rotatable bonds is 8. The number of pyridine rings is 1. The number of aryl methyl sites for hydroxylation is 1. The number of aromatic nitrogens is 3. The molecule has 6 nitrogen and oxygen atoms in total. The molecule has 0 radical (unpaired) electrons. The molecule has 0 saturated carbocycles. The zero-order valence-corrected chi connectivity index (χ0v) is 22.5. The Labute approximate surface area is 227 Å². The molecule has 5 aromatic rings. The van der Waals surface area contributed by atoms with Crippen molar-refractivity contribution in [2.75, 3.05) is 27.2 Å². The highest BCUT2D eigenvalue weighted by Crippen LogP contribution is 2.33. The molecule has 2 heterocycles. The summed E-state index contributed by atoms with van der Waals surface area (Å²) in [5.41, 5.74) is 6.63. The summed E-state index contributed by atoms with van der Waals surface area (Å²) in [6.45, 7) is 3.54. The molecule has 0 aliphatic heterocycles. The van der Waals surface area contributed by atoms with Gasteiger partial charge in [0.2, 0.25) is 0 Å². The van der Waals surface area contributed by atoms with Crippen molar-refractivity contribution in [2.45, 2.75) is 13.3 Å². The van der Waals surface area contributed by atoms with Crippen molar-refractivity contribution in [1.82, 2.24) is 25.0 Å². The van der Waals surface area contributed by atoms with Crippen LogP contribution in [-0.2, 0) is 0 Å². The SMILES string of the molecule is Cc1ccc2nc(-c3cn(-c4ccc(Cl)cc4)nc3-c3ccccc3)cc(C(=O)NCCCN(C)C)c2c1. The van der Waals surface area contributed by atoms with Crippen LogP contribution in [0.15, 0.2) is 85.1 Å². The van der Waals surface area contributed by atoms with Gasteiger partial charge in [-0.1, -0.05) is 53.6 Å². The Kier molecular flexibility index (Phi) is 7.54. The lowest BCUT2D eigenvalue weighted by Crippen LogP contribution is -2.27. The quantitative estimate of drug-likeness (QED) is 0.239. The third kappa shape index (κ3) is 5.62. The van der Waals surface area contributed by atoms with E-state index < -0.39 is 0 Å². The van der Waals surface area contributed by atoms with Gasteiger partial charge in [0.15, 0.2) is 0 Å². The summed E-state index contributed by atoms with van der Waals surface area (Å²) in [5.74, 6) is -0.102. The first-order valence-electron chi connectivity index (χ1n) is 12.6. The van der Waals surface area contributed by atoms with Crippen LogP contribution >= 0.6 is 11.6 Å². The molecule has 3 aromatic carbocycles. The van der Waals surface area contributed by atoms with Crippen molar-refractivity contribution in [2.24, 2.45) is 0 Å². The van der Waals surface area contributed by atoms with E-state index in [4.69, 9.17) is 21.7 Å². The average molecular weight is 524 g/mol. The summed E-state index contributed by atoms with van der Waals surface area (Å²) in [6.07, 6.45) is 2.84. The van der Waals surface area contributed by atoms with E-state index in [0.717, 1.165) is 51.9 Å². The number of hydrogen-bond acceptors (Lipinski definition) is 4. The molecule has 192 valence electrons. The van der Waals surface area contributed by atoms with Crippen LogP contribution in [-0.4, -0.2) is 52.8 Å². The maximum absolute atomic E-state index is 13.4. The van der Waals surface area contributed by atoms with Crippen molar-refractivity contribution in [1.29, 1.82) is 0 Å². The van der Waals surface area contributed by atoms with Crippen molar-refractivity contribution in [3.05, 3.63) is 101 Å². The van der Waals surface area contributed by atoms with Gasteiger partial charge in [-0.2, -0.15) is 5.10 Å². The second kappa shape index (κ2) is 11.2. The standard InChI is InChI=1S/C31H30ClN5O/c1-21-10-15-28-25(18-21)26(31(38)33-16-7-17-36(2)3)19-29(34-28)27-20-37(24-13-11-23(32)12-14-24)35-30(27)22-8-5-4-6-9-22/h4-6,8-15,18-20H,7,16-17H2,1-3H3,(H,33,38). The van der Waals surface area contributed by atoms with Gasteiger partial charge < -0.3 is 10.2 Å². The van der Waals surface area contributed by atoms with Crippen LogP contribution in [0.3, 0.4) is 0 Å². The molecule has 0 saturated heterocycles. The summed E-state index contributed by atoms with van der Waals surface area (Å²) < 4.78 is 1.83. The van der Waals surface area contributed by atoms with Crippen molar-refractivity contribution < 1.29 is 4.79 Å². The maximum atomic E-state index is 13.4. The number of benzene rings is 3. The van der Waals surface area contributed by atoms with E-state index in [2.05, 4.69) is 10.2 Å². The Balaban J connectivity index is 1.63. The first-order valence-corrected chi connectivity index (χ1v) is 13.0. The topological polar surface area (TPSA) is 63.1 Å². The minimum atomic E-state index is -0.102. The molecule has 0 unspecified atom stereocenters. The third-order valence-corrected chi connectivity index (χ3v) is 6.66. The van der Waals surface area contributed by atoms with Gasteiger partial charge in [-0.3, -0.25) is 4.79 Å². The van der Waals surface area contributed by atoms with Gasteiger partial charge in [0.25, 0.3) is 5.91 Å². The second-order valence-electron chi connectivity index (χ2n) is 9.67. The average Bonchev–Trinajstić information content (AvgIpc) is 3.37.